The average molecular weight is 363 g/mol. The highest BCUT2D eigenvalue weighted by molar-refractivity contribution is 5.79. The van der Waals surface area contributed by atoms with Crippen molar-refractivity contribution in [1.82, 2.24) is 20.5 Å². The van der Waals surface area contributed by atoms with Crippen LogP contribution in [0.4, 0.5) is 5.82 Å². The Labute approximate surface area is 157 Å². The first-order valence-corrected chi connectivity index (χ1v) is 9.39. The second kappa shape index (κ2) is 10.3. The summed E-state index contributed by atoms with van der Waals surface area (Å²) in [5.41, 5.74) is 1.14. The van der Waals surface area contributed by atoms with Gasteiger partial charge in [0.15, 0.2) is 5.96 Å². The van der Waals surface area contributed by atoms with Crippen LogP contribution < -0.4 is 15.5 Å². The lowest BCUT2D eigenvalue weighted by atomic mass is 10.2. The minimum atomic E-state index is 0.191. The fourth-order valence-corrected chi connectivity index (χ4v) is 3.17. The Morgan fingerprint density at radius 1 is 1.42 bits per heavy atom. The first-order chi connectivity index (χ1) is 12.5. The van der Waals surface area contributed by atoms with Crippen LogP contribution in [0.1, 0.15) is 19.4 Å². The molecule has 0 amide bonds. The molecule has 146 valence electrons. The molecule has 1 saturated heterocycles. The molecule has 2 N–H and O–H groups in total. The molecule has 1 aromatic heterocycles. The van der Waals surface area contributed by atoms with Crippen LogP contribution in [0.3, 0.4) is 0 Å². The molecule has 1 unspecified atom stereocenters. The first kappa shape index (κ1) is 20.5. The molecular weight excluding hydrogens is 328 g/mol. The number of nitrogens with one attached hydrogen (secondary N) is 2. The van der Waals surface area contributed by atoms with Crippen molar-refractivity contribution in [1.29, 1.82) is 0 Å². The summed E-state index contributed by atoms with van der Waals surface area (Å²) >= 11 is 0. The van der Waals surface area contributed by atoms with Gasteiger partial charge in [-0.25, -0.2) is 4.98 Å². The zero-order chi connectivity index (χ0) is 18.9. The van der Waals surface area contributed by atoms with Crippen LogP contribution >= 0.6 is 0 Å². The molecule has 7 heteroatoms. The number of aliphatic imine (C=N–C) groups is 1. The number of anilines is 1. The third-order valence-corrected chi connectivity index (χ3v) is 4.30. The number of rotatable bonds is 7. The Bertz CT molecular complexity index is 575. The SMILES string of the molecule is CN=C(NCc1cccnc1N(C)C)NCC1CN(CC(C)C)CCO1. The molecule has 1 aliphatic heterocycles. The molecule has 0 spiro atoms. The zero-order valence-corrected chi connectivity index (χ0v) is 16.8. The molecule has 0 bridgehead atoms. The number of hydrogen-bond donors (Lipinski definition) is 2. The third kappa shape index (κ3) is 6.46. The summed E-state index contributed by atoms with van der Waals surface area (Å²) in [7, 11) is 5.79. The Balaban J connectivity index is 1.81. The van der Waals surface area contributed by atoms with Crippen molar-refractivity contribution >= 4 is 11.8 Å². The summed E-state index contributed by atoms with van der Waals surface area (Å²) in [5.74, 6) is 2.43. The Morgan fingerprint density at radius 3 is 2.92 bits per heavy atom. The molecule has 2 heterocycles. The van der Waals surface area contributed by atoms with E-state index in [2.05, 4.69) is 45.4 Å². The van der Waals surface area contributed by atoms with Gasteiger partial charge in [-0.05, 0) is 12.0 Å². The van der Waals surface area contributed by atoms with Gasteiger partial charge in [0.2, 0.25) is 0 Å². The van der Waals surface area contributed by atoms with Crippen molar-refractivity contribution in [3.8, 4) is 0 Å². The van der Waals surface area contributed by atoms with Crippen molar-refractivity contribution in [3.05, 3.63) is 23.9 Å². The van der Waals surface area contributed by atoms with Crippen molar-refractivity contribution in [2.45, 2.75) is 26.5 Å². The van der Waals surface area contributed by atoms with E-state index in [0.29, 0.717) is 12.5 Å². The van der Waals surface area contributed by atoms with Crippen LogP contribution in [-0.4, -0.2) is 75.9 Å². The second-order valence-corrected chi connectivity index (χ2v) is 7.33. The van der Waals surface area contributed by atoms with E-state index in [1.165, 1.54) is 0 Å². The molecule has 26 heavy (non-hydrogen) atoms. The van der Waals surface area contributed by atoms with Crippen LogP contribution in [-0.2, 0) is 11.3 Å². The van der Waals surface area contributed by atoms with Gasteiger partial charge in [0, 0.05) is 65.6 Å². The lowest BCUT2D eigenvalue weighted by molar-refractivity contribution is -0.0284. The highest BCUT2D eigenvalue weighted by Crippen LogP contribution is 2.13. The number of aromatic nitrogens is 1. The van der Waals surface area contributed by atoms with Crippen LogP contribution in [0.15, 0.2) is 23.3 Å². The van der Waals surface area contributed by atoms with Gasteiger partial charge < -0.3 is 20.3 Å². The van der Waals surface area contributed by atoms with Gasteiger partial charge in [-0.1, -0.05) is 19.9 Å². The van der Waals surface area contributed by atoms with Gasteiger partial charge in [0.1, 0.15) is 5.82 Å². The van der Waals surface area contributed by atoms with E-state index < -0.39 is 0 Å². The normalized spacial score (nSPS) is 18.8. The molecule has 0 aliphatic carbocycles. The third-order valence-electron chi connectivity index (χ3n) is 4.30. The lowest BCUT2D eigenvalue weighted by Gasteiger charge is -2.34. The number of hydrogen-bond acceptors (Lipinski definition) is 5. The van der Waals surface area contributed by atoms with Crippen LogP contribution in [0.25, 0.3) is 0 Å². The average Bonchev–Trinajstić information content (AvgIpc) is 2.62. The van der Waals surface area contributed by atoms with E-state index in [1.54, 1.807) is 7.05 Å². The van der Waals surface area contributed by atoms with Gasteiger partial charge in [-0.15, -0.1) is 0 Å². The molecule has 2 rings (SSSR count). The molecule has 7 nitrogen and oxygen atoms in total. The summed E-state index contributed by atoms with van der Waals surface area (Å²) in [6.45, 7) is 9.86. The molecule has 1 atom stereocenters. The van der Waals surface area contributed by atoms with Crippen molar-refractivity contribution < 1.29 is 4.74 Å². The van der Waals surface area contributed by atoms with Gasteiger partial charge in [-0.2, -0.15) is 0 Å². The number of nitrogens with zero attached hydrogens (tertiary/aromatic N) is 4. The fourth-order valence-electron chi connectivity index (χ4n) is 3.17. The van der Waals surface area contributed by atoms with Gasteiger partial charge in [0.25, 0.3) is 0 Å². The predicted octanol–water partition coefficient (Wildman–Crippen LogP) is 1.17. The quantitative estimate of drug-likeness (QED) is 0.561. The van der Waals surface area contributed by atoms with Crippen LogP contribution in [0.5, 0.6) is 0 Å². The molecule has 1 aromatic rings. The maximum absolute atomic E-state index is 5.89. The monoisotopic (exact) mass is 362 g/mol. The highest BCUT2D eigenvalue weighted by atomic mass is 16.5. The van der Waals surface area contributed by atoms with Crippen LogP contribution in [0.2, 0.25) is 0 Å². The molecule has 1 aliphatic rings. The van der Waals surface area contributed by atoms with E-state index in [4.69, 9.17) is 4.74 Å². The Morgan fingerprint density at radius 2 is 2.23 bits per heavy atom. The molecule has 1 fully saturated rings. The maximum Gasteiger partial charge on any atom is 0.191 e. The summed E-state index contributed by atoms with van der Waals surface area (Å²) in [4.78, 5) is 13.3. The predicted molar refractivity (Wildman–Crippen MR) is 108 cm³/mol. The number of morpholine rings is 1. The smallest absolute Gasteiger partial charge is 0.191 e. The summed E-state index contributed by atoms with van der Waals surface area (Å²) < 4.78 is 5.89. The van der Waals surface area contributed by atoms with E-state index in [1.807, 2.05) is 31.3 Å². The van der Waals surface area contributed by atoms with E-state index in [9.17, 15) is 0 Å². The first-order valence-electron chi connectivity index (χ1n) is 9.39. The highest BCUT2D eigenvalue weighted by Gasteiger charge is 2.21. The van der Waals surface area contributed by atoms with Gasteiger partial charge in [0.05, 0.1) is 12.7 Å². The number of ether oxygens (including phenoxy) is 1. The van der Waals surface area contributed by atoms with Gasteiger partial charge in [-0.3, -0.25) is 9.89 Å². The van der Waals surface area contributed by atoms with Crippen LogP contribution in [0, 0.1) is 5.92 Å². The number of pyridine rings is 1. The van der Waals surface area contributed by atoms with E-state index in [0.717, 1.165) is 50.1 Å². The van der Waals surface area contributed by atoms with Gasteiger partial charge >= 0.3 is 0 Å². The zero-order valence-electron chi connectivity index (χ0n) is 16.8. The van der Waals surface area contributed by atoms with Crippen molar-refractivity contribution in [3.63, 3.8) is 0 Å². The minimum Gasteiger partial charge on any atom is -0.374 e. The Kier molecular flexibility index (Phi) is 8.12. The maximum atomic E-state index is 5.89. The molecule has 0 radical (unpaired) electrons. The summed E-state index contributed by atoms with van der Waals surface area (Å²) in [6.07, 6.45) is 2.01. The van der Waals surface area contributed by atoms with Crippen molar-refractivity contribution in [2.75, 3.05) is 58.8 Å². The fraction of sp³-hybridized carbons (Fsp3) is 0.684. The summed E-state index contributed by atoms with van der Waals surface area (Å²) in [6, 6.07) is 4.04. The topological polar surface area (TPSA) is 65.0 Å². The van der Waals surface area contributed by atoms with Crippen molar-refractivity contribution in [2.24, 2.45) is 10.9 Å². The largest absolute Gasteiger partial charge is 0.374 e. The second-order valence-electron chi connectivity index (χ2n) is 7.33. The standard InChI is InChI=1S/C19H34N6O/c1-15(2)13-25-9-10-26-17(14-25)12-23-19(20-3)22-11-16-7-6-8-21-18(16)24(4)5/h6-8,15,17H,9-14H2,1-5H3,(H2,20,22,23). The lowest BCUT2D eigenvalue weighted by Crippen LogP contribution is -2.50. The Hall–Kier alpha value is -1.86. The summed E-state index contributed by atoms with van der Waals surface area (Å²) in [5, 5.41) is 6.75. The molecule has 0 aromatic carbocycles. The molecular formula is C19H34N6O. The molecule has 0 saturated carbocycles. The van der Waals surface area contributed by atoms with E-state index >= 15 is 0 Å². The number of guanidine groups is 1. The minimum absolute atomic E-state index is 0.191. The van der Waals surface area contributed by atoms with E-state index in [-0.39, 0.29) is 6.10 Å².